The number of anilines is 6. The molecule has 2 heteroatoms. The van der Waals surface area contributed by atoms with Crippen molar-refractivity contribution in [3.63, 3.8) is 0 Å². The van der Waals surface area contributed by atoms with Crippen LogP contribution in [0.3, 0.4) is 0 Å². The number of rotatable bonds is 9. The molecule has 0 aliphatic heterocycles. The Morgan fingerprint density at radius 3 is 1.17 bits per heavy atom. The van der Waals surface area contributed by atoms with Crippen LogP contribution in [0.25, 0.3) is 54.9 Å². The number of hydrogen-bond acceptors (Lipinski definition) is 2. The van der Waals surface area contributed by atoms with Gasteiger partial charge in [0, 0.05) is 34.1 Å². The number of hydrogen-bond donors (Lipinski definition) is 0. The third-order valence-electron chi connectivity index (χ3n) is 11.0. The van der Waals surface area contributed by atoms with Crippen molar-refractivity contribution in [3.05, 3.63) is 243 Å². The van der Waals surface area contributed by atoms with Crippen molar-refractivity contribution in [2.75, 3.05) is 9.80 Å². The Morgan fingerprint density at radius 1 is 0.207 bits per heavy atom. The van der Waals surface area contributed by atoms with Crippen LogP contribution in [0.4, 0.5) is 34.1 Å². The molecule has 0 spiro atoms. The molecular formula is C56H40N2. The molecule has 0 aromatic heterocycles. The summed E-state index contributed by atoms with van der Waals surface area (Å²) in [6.07, 6.45) is 0. The van der Waals surface area contributed by atoms with E-state index < -0.39 is 0 Å². The third-order valence-corrected chi connectivity index (χ3v) is 11.0. The second-order valence-corrected chi connectivity index (χ2v) is 14.6. The van der Waals surface area contributed by atoms with Gasteiger partial charge in [-0.3, -0.25) is 0 Å². The van der Waals surface area contributed by atoms with Crippen molar-refractivity contribution < 1.29 is 0 Å². The lowest BCUT2D eigenvalue weighted by Crippen LogP contribution is -2.09. The van der Waals surface area contributed by atoms with Crippen molar-refractivity contribution >= 4 is 55.7 Å². The third kappa shape index (κ3) is 6.78. The highest BCUT2D eigenvalue weighted by Gasteiger charge is 2.17. The van der Waals surface area contributed by atoms with E-state index in [-0.39, 0.29) is 0 Å². The van der Waals surface area contributed by atoms with Crippen LogP contribution in [0.15, 0.2) is 243 Å². The zero-order valence-electron chi connectivity index (χ0n) is 32.0. The van der Waals surface area contributed by atoms with Crippen LogP contribution in [0, 0.1) is 0 Å². The molecule has 0 aliphatic carbocycles. The first kappa shape index (κ1) is 34.8. The molecule has 0 bridgehead atoms. The van der Waals surface area contributed by atoms with Gasteiger partial charge in [-0.15, -0.1) is 0 Å². The molecule has 10 rings (SSSR count). The van der Waals surface area contributed by atoms with Gasteiger partial charge in [0.05, 0.1) is 0 Å². The number of para-hydroxylation sites is 2. The van der Waals surface area contributed by atoms with E-state index in [0.717, 1.165) is 34.1 Å². The molecule has 0 N–H and O–H groups in total. The largest absolute Gasteiger partial charge is 0.310 e. The van der Waals surface area contributed by atoms with E-state index in [2.05, 4.69) is 252 Å². The van der Waals surface area contributed by atoms with Crippen LogP contribution in [0.1, 0.15) is 0 Å². The Balaban J connectivity index is 1.02. The van der Waals surface area contributed by atoms with E-state index in [1.165, 1.54) is 54.9 Å². The second kappa shape index (κ2) is 15.5. The number of benzene rings is 10. The van der Waals surface area contributed by atoms with Crippen LogP contribution in [-0.2, 0) is 0 Å². The van der Waals surface area contributed by atoms with Gasteiger partial charge in [-0.05, 0) is 128 Å². The van der Waals surface area contributed by atoms with Crippen LogP contribution in [0.5, 0.6) is 0 Å². The van der Waals surface area contributed by atoms with Crippen LogP contribution < -0.4 is 9.80 Å². The zero-order chi connectivity index (χ0) is 38.7. The molecule has 0 aliphatic rings. The summed E-state index contributed by atoms with van der Waals surface area (Å²) in [5.41, 5.74) is 13.9. The minimum absolute atomic E-state index is 1.10. The first-order valence-corrected chi connectivity index (χ1v) is 19.8. The average Bonchev–Trinajstić information content (AvgIpc) is 3.30. The molecule has 10 aromatic rings. The van der Waals surface area contributed by atoms with Gasteiger partial charge in [0.1, 0.15) is 0 Å². The molecule has 0 atom stereocenters. The Bertz CT molecular complexity index is 2970. The molecule has 0 saturated heterocycles. The lowest BCUT2D eigenvalue weighted by molar-refractivity contribution is 1.28. The van der Waals surface area contributed by atoms with E-state index >= 15 is 0 Å². The molecule has 0 saturated carbocycles. The maximum atomic E-state index is 2.34. The van der Waals surface area contributed by atoms with Gasteiger partial charge in [0.15, 0.2) is 0 Å². The van der Waals surface area contributed by atoms with E-state index in [1.54, 1.807) is 0 Å². The Hall–Kier alpha value is -7.68. The number of fused-ring (bicyclic) bond motifs is 2. The summed E-state index contributed by atoms with van der Waals surface area (Å²) in [7, 11) is 0. The summed E-state index contributed by atoms with van der Waals surface area (Å²) >= 11 is 0. The predicted molar refractivity (Wildman–Crippen MR) is 247 cm³/mol. The Kier molecular flexibility index (Phi) is 9.27. The molecule has 274 valence electrons. The van der Waals surface area contributed by atoms with Gasteiger partial charge < -0.3 is 9.80 Å². The lowest BCUT2D eigenvalue weighted by atomic mass is 9.91. The molecule has 10 aromatic carbocycles. The standard InChI is InChI=1S/C56H40N2/c1-4-15-41(16-5-1)47-21-12-26-52(39-47)57(48-22-6-2-7-23-48)50-34-30-43(31-35-50)54-27-13-19-45-20-14-28-55(56(45)54)44-32-36-51(37-33-44)58(49-24-8-3-9-25-49)53-38-29-42-17-10-11-18-46(42)40-53/h1-40H. The topological polar surface area (TPSA) is 6.48 Å². The summed E-state index contributed by atoms with van der Waals surface area (Å²) in [6.45, 7) is 0. The Labute approximate surface area is 340 Å². The zero-order valence-corrected chi connectivity index (χ0v) is 32.0. The first-order valence-electron chi connectivity index (χ1n) is 19.8. The fourth-order valence-corrected chi connectivity index (χ4v) is 8.22. The van der Waals surface area contributed by atoms with Crippen molar-refractivity contribution in [1.29, 1.82) is 0 Å². The van der Waals surface area contributed by atoms with Crippen LogP contribution in [-0.4, -0.2) is 0 Å². The molecule has 2 nitrogen and oxygen atoms in total. The highest BCUT2D eigenvalue weighted by Crippen LogP contribution is 2.42. The summed E-state index contributed by atoms with van der Waals surface area (Å²) in [6, 6.07) is 87.2. The SMILES string of the molecule is c1ccc(-c2cccc(N(c3ccccc3)c3ccc(-c4cccc5cccc(-c6ccc(N(c7ccccc7)c7ccc8ccccc8c7)cc6)c45)cc3)c2)cc1. The minimum Gasteiger partial charge on any atom is -0.310 e. The molecule has 0 heterocycles. The fraction of sp³-hybridized carbons (Fsp3) is 0. The summed E-state index contributed by atoms with van der Waals surface area (Å²) in [5, 5.41) is 4.92. The van der Waals surface area contributed by atoms with Gasteiger partial charge in [-0.25, -0.2) is 0 Å². The highest BCUT2D eigenvalue weighted by molar-refractivity contribution is 6.06. The van der Waals surface area contributed by atoms with Crippen molar-refractivity contribution in [3.8, 4) is 33.4 Å². The minimum atomic E-state index is 1.10. The van der Waals surface area contributed by atoms with Gasteiger partial charge in [0.25, 0.3) is 0 Å². The average molecular weight is 741 g/mol. The smallest absolute Gasteiger partial charge is 0.0468 e. The Morgan fingerprint density at radius 2 is 0.603 bits per heavy atom. The van der Waals surface area contributed by atoms with E-state index in [0.29, 0.717) is 0 Å². The molecule has 0 radical (unpaired) electrons. The van der Waals surface area contributed by atoms with E-state index in [9.17, 15) is 0 Å². The van der Waals surface area contributed by atoms with Crippen LogP contribution >= 0.6 is 0 Å². The quantitative estimate of drug-likeness (QED) is 0.145. The van der Waals surface area contributed by atoms with Crippen LogP contribution in [0.2, 0.25) is 0 Å². The molecule has 0 amide bonds. The molecule has 0 unspecified atom stereocenters. The van der Waals surface area contributed by atoms with Gasteiger partial charge in [-0.2, -0.15) is 0 Å². The van der Waals surface area contributed by atoms with Crippen molar-refractivity contribution in [2.24, 2.45) is 0 Å². The summed E-state index contributed by atoms with van der Waals surface area (Å²) in [5.74, 6) is 0. The number of nitrogens with zero attached hydrogens (tertiary/aromatic N) is 2. The summed E-state index contributed by atoms with van der Waals surface area (Å²) in [4.78, 5) is 4.67. The first-order chi connectivity index (χ1) is 28.8. The van der Waals surface area contributed by atoms with Crippen molar-refractivity contribution in [1.82, 2.24) is 0 Å². The van der Waals surface area contributed by atoms with Gasteiger partial charge in [0.2, 0.25) is 0 Å². The monoisotopic (exact) mass is 740 g/mol. The van der Waals surface area contributed by atoms with Crippen molar-refractivity contribution in [2.45, 2.75) is 0 Å². The molecule has 0 fully saturated rings. The highest BCUT2D eigenvalue weighted by atomic mass is 15.1. The van der Waals surface area contributed by atoms with E-state index in [1.807, 2.05) is 0 Å². The van der Waals surface area contributed by atoms with Gasteiger partial charge >= 0.3 is 0 Å². The predicted octanol–water partition coefficient (Wildman–Crippen LogP) is 15.9. The maximum absolute atomic E-state index is 2.34. The van der Waals surface area contributed by atoms with Gasteiger partial charge in [-0.1, -0.05) is 170 Å². The molecular weight excluding hydrogens is 701 g/mol. The van der Waals surface area contributed by atoms with E-state index in [4.69, 9.17) is 0 Å². The lowest BCUT2D eigenvalue weighted by Gasteiger charge is -2.26. The maximum Gasteiger partial charge on any atom is 0.0468 e. The molecule has 58 heavy (non-hydrogen) atoms. The normalized spacial score (nSPS) is 11.1. The summed E-state index contributed by atoms with van der Waals surface area (Å²) < 4.78 is 0. The fourth-order valence-electron chi connectivity index (χ4n) is 8.22. The second-order valence-electron chi connectivity index (χ2n) is 14.6.